The molecule has 2 aromatic heterocycles. The first-order valence-electron chi connectivity index (χ1n) is 8.00. The van der Waals surface area contributed by atoms with Gasteiger partial charge in [-0.3, -0.25) is 4.79 Å². The summed E-state index contributed by atoms with van der Waals surface area (Å²) in [7, 11) is 0. The van der Waals surface area contributed by atoms with Crippen LogP contribution in [0.25, 0.3) is 16.7 Å². The number of nitrogens with zero attached hydrogens (tertiary/aromatic N) is 4. The maximum Gasteiger partial charge on any atom is 0.233 e. The van der Waals surface area contributed by atoms with Crippen LogP contribution in [-0.4, -0.2) is 25.7 Å². The Morgan fingerprint density at radius 1 is 1.04 bits per heavy atom. The number of fused-ring (bicyclic) bond motifs is 1. The number of hydrogen-bond donors (Lipinski definition) is 1. The number of nitrogens with one attached hydrogen (secondary N) is 1. The third kappa shape index (κ3) is 3.10. The Morgan fingerprint density at radius 2 is 1.81 bits per heavy atom. The number of benzene rings is 2. The van der Waals surface area contributed by atoms with Crippen molar-refractivity contribution in [1.29, 1.82) is 0 Å². The summed E-state index contributed by atoms with van der Waals surface area (Å²) in [5, 5.41) is 7.83. The summed E-state index contributed by atoms with van der Waals surface area (Å²) in [5.41, 5.74) is 2.28. The van der Waals surface area contributed by atoms with Gasteiger partial charge in [0, 0.05) is 12.6 Å². The van der Waals surface area contributed by atoms with Crippen LogP contribution in [0.3, 0.4) is 0 Å². The van der Waals surface area contributed by atoms with Crippen molar-refractivity contribution < 1.29 is 9.53 Å². The molecule has 4 rings (SSSR count). The van der Waals surface area contributed by atoms with E-state index in [1.54, 1.807) is 35.1 Å². The average molecular weight is 345 g/mol. The van der Waals surface area contributed by atoms with E-state index < -0.39 is 0 Å². The normalized spacial score (nSPS) is 10.7. The van der Waals surface area contributed by atoms with Gasteiger partial charge < -0.3 is 10.1 Å². The number of carbonyl (C=O) groups excluding carboxylic acids is 1. The van der Waals surface area contributed by atoms with Gasteiger partial charge in [0.05, 0.1) is 11.9 Å². The Balaban J connectivity index is 1.65. The zero-order valence-electron chi connectivity index (χ0n) is 14.0. The van der Waals surface area contributed by atoms with Crippen molar-refractivity contribution in [3.05, 3.63) is 67.1 Å². The van der Waals surface area contributed by atoms with Crippen molar-refractivity contribution in [2.24, 2.45) is 0 Å². The zero-order chi connectivity index (χ0) is 17.9. The molecule has 1 N–H and O–H groups in total. The fourth-order valence-electron chi connectivity index (χ4n) is 2.58. The number of para-hydroxylation sites is 1. The minimum atomic E-state index is -0.121. The molecule has 0 unspecified atom stereocenters. The highest BCUT2D eigenvalue weighted by atomic mass is 16.5. The molecular formula is C19H15N5O2. The molecule has 26 heavy (non-hydrogen) atoms. The molecule has 0 saturated heterocycles. The summed E-state index contributed by atoms with van der Waals surface area (Å²) < 4.78 is 7.62. The van der Waals surface area contributed by atoms with E-state index in [1.807, 2.05) is 30.3 Å². The predicted octanol–water partition coefficient (Wildman–Crippen LogP) is 3.57. The summed E-state index contributed by atoms with van der Waals surface area (Å²) in [6.45, 7) is 1.46. The van der Waals surface area contributed by atoms with Gasteiger partial charge >= 0.3 is 0 Å². The van der Waals surface area contributed by atoms with E-state index in [4.69, 9.17) is 4.74 Å². The molecule has 0 bridgehead atoms. The lowest BCUT2D eigenvalue weighted by atomic mass is 10.3. The molecule has 4 aromatic rings. The Labute approximate surface area is 149 Å². The fourth-order valence-corrected chi connectivity index (χ4v) is 2.58. The van der Waals surface area contributed by atoms with Gasteiger partial charge in [0.2, 0.25) is 11.8 Å². The van der Waals surface area contributed by atoms with Crippen LogP contribution in [-0.2, 0) is 4.79 Å². The summed E-state index contributed by atoms with van der Waals surface area (Å²) in [6.07, 6.45) is 3.13. The molecule has 2 aromatic carbocycles. The highest BCUT2D eigenvalue weighted by molar-refractivity contribution is 5.88. The molecule has 0 atom stereocenters. The highest BCUT2D eigenvalue weighted by Gasteiger charge is 2.12. The number of hydrogen-bond acceptors (Lipinski definition) is 5. The number of rotatable bonds is 4. The molecule has 1 amide bonds. The summed E-state index contributed by atoms with van der Waals surface area (Å²) in [5.74, 6) is 0.903. The lowest BCUT2D eigenvalue weighted by Crippen LogP contribution is -2.05. The Bertz CT molecular complexity index is 1060. The van der Waals surface area contributed by atoms with Gasteiger partial charge in [-0.2, -0.15) is 5.10 Å². The molecule has 128 valence electrons. The first-order chi connectivity index (χ1) is 12.7. The minimum absolute atomic E-state index is 0.121. The average Bonchev–Trinajstić information content (AvgIpc) is 3.09. The molecule has 0 spiro atoms. The molecule has 7 nitrogen and oxygen atoms in total. The van der Waals surface area contributed by atoms with Gasteiger partial charge in [-0.25, -0.2) is 14.6 Å². The number of aromatic nitrogens is 4. The van der Waals surface area contributed by atoms with E-state index in [9.17, 15) is 4.79 Å². The standard InChI is InChI=1S/C19H15N5O2/c1-13(25)23-14-7-9-16(10-8-14)26-19-17-11-22-24(18(17)20-12-21-19)15-5-3-2-4-6-15/h2-12H,1H3,(H,23,25). The Morgan fingerprint density at radius 3 is 2.54 bits per heavy atom. The lowest BCUT2D eigenvalue weighted by Gasteiger charge is -2.07. The van der Waals surface area contributed by atoms with Crippen LogP contribution in [0.2, 0.25) is 0 Å². The maximum absolute atomic E-state index is 11.1. The molecule has 2 heterocycles. The maximum atomic E-state index is 11.1. The topological polar surface area (TPSA) is 81.9 Å². The third-order valence-corrected chi connectivity index (χ3v) is 3.72. The van der Waals surface area contributed by atoms with Crippen molar-refractivity contribution in [1.82, 2.24) is 19.7 Å². The zero-order valence-corrected chi connectivity index (χ0v) is 14.0. The summed E-state index contributed by atoms with van der Waals surface area (Å²) >= 11 is 0. The first-order valence-corrected chi connectivity index (χ1v) is 8.00. The Kier molecular flexibility index (Phi) is 4.03. The van der Waals surface area contributed by atoms with Crippen LogP contribution >= 0.6 is 0 Å². The van der Waals surface area contributed by atoms with Crippen LogP contribution < -0.4 is 10.1 Å². The molecule has 0 saturated carbocycles. The molecule has 0 radical (unpaired) electrons. The van der Waals surface area contributed by atoms with Crippen LogP contribution in [0.5, 0.6) is 11.6 Å². The number of carbonyl (C=O) groups is 1. The van der Waals surface area contributed by atoms with E-state index in [-0.39, 0.29) is 5.91 Å². The molecular weight excluding hydrogens is 330 g/mol. The smallest absolute Gasteiger partial charge is 0.233 e. The Hall–Kier alpha value is -3.74. The molecule has 0 aliphatic heterocycles. The molecule has 7 heteroatoms. The van der Waals surface area contributed by atoms with E-state index in [0.717, 1.165) is 5.69 Å². The van der Waals surface area contributed by atoms with Gasteiger partial charge in [-0.1, -0.05) is 18.2 Å². The predicted molar refractivity (Wildman–Crippen MR) is 97.5 cm³/mol. The van der Waals surface area contributed by atoms with Crippen LogP contribution in [0.1, 0.15) is 6.92 Å². The largest absolute Gasteiger partial charge is 0.438 e. The second-order valence-electron chi connectivity index (χ2n) is 5.62. The van der Waals surface area contributed by atoms with Gasteiger partial charge in [0.25, 0.3) is 0 Å². The van der Waals surface area contributed by atoms with Crippen molar-refractivity contribution in [2.45, 2.75) is 6.92 Å². The first kappa shape index (κ1) is 15.8. The van der Waals surface area contributed by atoms with Gasteiger partial charge in [-0.15, -0.1) is 0 Å². The van der Waals surface area contributed by atoms with Gasteiger partial charge in [0.1, 0.15) is 17.5 Å². The van der Waals surface area contributed by atoms with Gasteiger partial charge in [0.15, 0.2) is 5.65 Å². The van der Waals surface area contributed by atoms with Crippen molar-refractivity contribution in [3.63, 3.8) is 0 Å². The van der Waals surface area contributed by atoms with Crippen LogP contribution in [0.4, 0.5) is 5.69 Å². The van der Waals surface area contributed by atoms with Crippen LogP contribution in [0.15, 0.2) is 67.1 Å². The summed E-state index contributed by atoms with van der Waals surface area (Å²) in [4.78, 5) is 19.6. The summed E-state index contributed by atoms with van der Waals surface area (Å²) in [6, 6.07) is 16.8. The highest BCUT2D eigenvalue weighted by Crippen LogP contribution is 2.28. The van der Waals surface area contributed by atoms with Crippen molar-refractivity contribution >= 4 is 22.6 Å². The molecule has 0 aliphatic carbocycles. The second kappa shape index (κ2) is 6.64. The third-order valence-electron chi connectivity index (χ3n) is 3.72. The van der Waals surface area contributed by atoms with Crippen molar-refractivity contribution in [3.8, 4) is 17.3 Å². The van der Waals surface area contributed by atoms with E-state index in [1.165, 1.54) is 13.3 Å². The monoisotopic (exact) mass is 345 g/mol. The number of anilines is 1. The lowest BCUT2D eigenvalue weighted by molar-refractivity contribution is -0.114. The number of amides is 1. The van der Waals surface area contributed by atoms with Gasteiger partial charge in [-0.05, 0) is 36.4 Å². The quantitative estimate of drug-likeness (QED) is 0.611. The molecule has 0 fully saturated rings. The van der Waals surface area contributed by atoms with E-state index in [2.05, 4.69) is 20.4 Å². The SMILES string of the molecule is CC(=O)Nc1ccc(Oc2ncnc3c2cnn3-c2ccccc2)cc1. The van der Waals surface area contributed by atoms with Crippen LogP contribution in [0, 0.1) is 0 Å². The number of ether oxygens (including phenoxy) is 1. The van der Waals surface area contributed by atoms with E-state index >= 15 is 0 Å². The van der Waals surface area contributed by atoms with E-state index in [0.29, 0.717) is 28.4 Å². The second-order valence-corrected chi connectivity index (χ2v) is 5.62. The van der Waals surface area contributed by atoms with Crippen molar-refractivity contribution in [2.75, 3.05) is 5.32 Å². The molecule has 0 aliphatic rings. The fraction of sp³-hybridized carbons (Fsp3) is 0.0526. The minimum Gasteiger partial charge on any atom is -0.438 e.